The highest BCUT2D eigenvalue weighted by molar-refractivity contribution is 5.96. The van der Waals surface area contributed by atoms with Crippen molar-refractivity contribution in [2.24, 2.45) is 5.92 Å². The molecule has 4 nitrogen and oxygen atoms in total. The molecule has 2 heterocycles. The average molecular weight is 380 g/mol. The fraction of sp³-hybridized carbons (Fsp3) is 0.500. The lowest BCUT2D eigenvalue weighted by Gasteiger charge is -2.33. The summed E-state index contributed by atoms with van der Waals surface area (Å²) in [5.74, 6) is 0.719. The zero-order chi connectivity index (χ0) is 19.6. The molecule has 0 aliphatic carbocycles. The Bertz CT molecular complexity index is 794. The number of nitrogens with zero attached hydrogens (tertiary/aromatic N) is 2. The first-order chi connectivity index (χ1) is 12.8. The molecule has 1 aliphatic heterocycles. The number of hydrogen-bond donors (Lipinski definition) is 0. The molecule has 3 rings (SSSR count). The number of aryl methyl sites for hydroxylation is 3. The van der Waals surface area contributed by atoms with Gasteiger partial charge in [0, 0.05) is 13.1 Å². The summed E-state index contributed by atoms with van der Waals surface area (Å²) in [5, 5.41) is 3.84. The minimum Gasteiger partial charge on any atom is -0.361 e. The van der Waals surface area contributed by atoms with E-state index in [1.165, 1.54) is 12.1 Å². The summed E-state index contributed by atoms with van der Waals surface area (Å²) < 4.78 is 43.6. The molecule has 0 radical (unpaired) electrons. The number of piperidine rings is 1. The van der Waals surface area contributed by atoms with E-state index in [-0.39, 0.29) is 11.8 Å². The maximum Gasteiger partial charge on any atom is 0.416 e. The van der Waals surface area contributed by atoms with Crippen molar-refractivity contribution in [1.29, 1.82) is 0 Å². The van der Waals surface area contributed by atoms with Crippen LogP contribution in [0.1, 0.15) is 52.2 Å². The van der Waals surface area contributed by atoms with Gasteiger partial charge in [-0.25, -0.2) is 0 Å². The van der Waals surface area contributed by atoms with Gasteiger partial charge in [-0.1, -0.05) is 23.4 Å². The summed E-state index contributed by atoms with van der Waals surface area (Å²) in [6.07, 6.45) is -1.13. The molecule has 0 saturated carbocycles. The van der Waals surface area contributed by atoms with Crippen LogP contribution in [-0.4, -0.2) is 29.1 Å². The molecule has 0 unspecified atom stereocenters. The second-order valence-electron chi connectivity index (χ2n) is 7.20. The average Bonchev–Trinajstić information content (AvgIpc) is 2.97. The number of carbonyl (C=O) groups excluding carboxylic acids is 1. The summed E-state index contributed by atoms with van der Waals surface area (Å²) >= 11 is 0. The van der Waals surface area contributed by atoms with E-state index in [0.717, 1.165) is 25.3 Å². The van der Waals surface area contributed by atoms with Crippen LogP contribution < -0.4 is 0 Å². The van der Waals surface area contributed by atoms with Gasteiger partial charge in [-0.15, -0.1) is 0 Å². The molecular formula is C20H23F3N2O2. The molecule has 1 aliphatic rings. The Morgan fingerprint density at radius 2 is 2.11 bits per heavy atom. The fourth-order valence-corrected chi connectivity index (χ4v) is 3.71. The molecule has 1 aromatic heterocycles. The number of benzene rings is 1. The quantitative estimate of drug-likeness (QED) is 0.766. The third-order valence-electron chi connectivity index (χ3n) is 5.15. The van der Waals surface area contributed by atoms with Crippen LogP contribution in [0.15, 0.2) is 28.8 Å². The number of alkyl halides is 3. The summed E-state index contributed by atoms with van der Waals surface area (Å²) in [6, 6.07) is 5.49. The van der Waals surface area contributed by atoms with Crippen molar-refractivity contribution in [2.75, 3.05) is 13.1 Å². The molecule has 1 fully saturated rings. The predicted molar refractivity (Wildman–Crippen MR) is 94.4 cm³/mol. The molecule has 2 aromatic rings. The summed E-state index contributed by atoms with van der Waals surface area (Å²) in [5.41, 5.74) is 1.18. The number of likely N-dealkylation sites (tertiary alicyclic amines) is 1. The van der Waals surface area contributed by atoms with Gasteiger partial charge in [-0.05, 0) is 57.1 Å². The minimum atomic E-state index is -4.32. The predicted octanol–water partition coefficient (Wildman–Crippen LogP) is 4.80. The van der Waals surface area contributed by atoms with E-state index < -0.39 is 11.7 Å². The lowest BCUT2D eigenvalue weighted by molar-refractivity contribution is -0.137. The Balaban J connectivity index is 1.61. The molecular weight excluding hydrogens is 357 g/mol. The van der Waals surface area contributed by atoms with Crippen LogP contribution in [-0.2, 0) is 12.6 Å². The van der Waals surface area contributed by atoms with Gasteiger partial charge in [0.2, 0.25) is 0 Å². The van der Waals surface area contributed by atoms with Gasteiger partial charge in [0.1, 0.15) is 11.3 Å². The van der Waals surface area contributed by atoms with Crippen LogP contribution in [0.2, 0.25) is 0 Å². The Hall–Kier alpha value is -2.31. The third kappa shape index (κ3) is 4.51. The van der Waals surface area contributed by atoms with Gasteiger partial charge in [0.05, 0.1) is 11.3 Å². The van der Waals surface area contributed by atoms with Crippen LogP contribution in [0.5, 0.6) is 0 Å². The maximum atomic E-state index is 12.8. The molecule has 0 spiro atoms. The van der Waals surface area contributed by atoms with Crippen molar-refractivity contribution in [2.45, 2.75) is 45.7 Å². The largest absolute Gasteiger partial charge is 0.416 e. The topological polar surface area (TPSA) is 46.3 Å². The van der Waals surface area contributed by atoms with Crippen LogP contribution >= 0.6 is 0 Å². The van der Waals surface area contributed by atoms with Gasteiger partial charge < -0.3 is 9.42 Å². The third-order valence-corrected chi connectivity index (χ3v) is 5.15. The zero-order valence-electron chi connectivity index (χ0n) is 15.5. The fourth-order valence-electron chi connectivity index (χ4n) is 3.71. The first-order valence-corrected chi connectivity index (χ1v) is 9.14. The molecule has 7 heteroatoms. The highest BCUT2D eigenvalue weighted by atomic mass is 19.4. The van der Waals surface area contributed by atoms with Crippen molar-refractivity contribution in [3.8, 4) is 0 Å². The monoisotopic (exact) mass is 380 g/mol. The Morgan fingerprint density at radius 1 is 1.33 bits per heavy atom. The van der Waals surface area contributed by atoms with E-state index in [9.17, 15) is 18.0 Å². The molecule has 1 amide bonds. The number of hydrogen-bond acceptors (Lipinski definition) is 3. The smallest absolute Gasteiger partial charge is 0.361 e. The van der Waals surface area contributed by atoms with Crippen LogP contribution in [0.25, 0.3) is 0 Å². The number of amides is 1. The van der Waals surface area contributed by atoms with Gasteiger partial charge in [-0.3, -0.25) is 4.79 Å². The van der Waals surface area contributed by atoms with Crippen molar-refractivity contribution in [3.05, 3.63) is 52.4 Å². The SMILES string of the molecule is Cc1noc(C)c1C(=O)N1CCC[C@H](CCc2cccc(C(F)(F)F)c2)C1. The second-order valence-corrected chi connectivity index (χ2v) is 7.20. The zero-order valence-corrected chi connectivity index (χ0v) is 15.5. The van der Waals surface area contributed by atoms with Gasteiger partial charge in [0.15, 0.2) is 0 Å². The normalized spacial score (nSPS) is 18.0. The molecule has 0 bridgehead atoms. The van der Waals surface area contributed by atoms with Crippen molar-refractivity contribution >= 4 is 5.91 Å². The summed E-state index contributed by atoms with van der Waals surface area (Å²) in [4.78, 5) is 14.6. The van der Waals surface area contributed by atoms with Crippen LogP contribution in [0.4, 0.5) is 13.2 Å². The van der Waals surface area contributed by atoms with Crippen molar-refractivity contribution < 1.29 is 22.5 Å². The molecule has 27 heavy (non-hydrogen) atoms. The second kappa shape index (κ2) is 7.74. The van der Waals surface area contributed by atoms with Gasteiger partial charge in [0.25, 0.3) is 5.91 Å². The lowest BCUT2D eigenvalue weighted by atomic mass is 9.91. The molecule has 0 N–H and O–H groups in total. The number of rotatable bonds is 4. The van der Waals surface area contributed by atoms with Gasteiger partial charge >= 0.3 is 6.18 Å². The van der Waals surface area contributed by atoms with Crippen molar-refractivity contribution in [1.82, 2.24) is 10.1 Å². The molecule has 1 aromatic carbocycles. The Kier molecular flexibility index (Phi) is 5.58. The summed E-state index contributed by atoms with van der Waals surface area (Å²) in [6.45, 7) is 4.77. The van der Waals surface area contributed by atoms with E-state index in [2.05, 4.69) is 5.16 Å². The molecule has 1 saturated heterocycles. The van der Waals surface area contributed by atoms with E-state index >= 15 is 0 Å². The molecule has 1 atom stereocenters. The van der Waals surface area contributed by atoms with Crippen molar-refractivity contribution in [3.63, 3.8) is 0 Å². The number of halogens is 3. The highest BCUT2D eigenvalue weighted by Crippen LogP contribution is 2.30. The van der Waals surface area contributed by atoms with Crippen LogP contribution in [0.3, 0.4) is 0 Å². The summed E-state index contributed by atoms with van der Waals surface area (Å²) in [7, 11) is 0. The maximum absolute atomic E-state index is 12.8. The number of aromatic nitrogens is 1. The van der Waals surface area contributed by atoms with E-state index in [4.69, 9.17) is 4.52 Å². The Morgan fingerprint density at radius 3 is 2.78 bits per heavy atom. The Labute approximate surface area is 156 Å². The number of carbonyl (C=O) groups is 1. The van der Waals surface area contributed by atoms with E-state index in [1.807, 2.05) is 4.90 Å². The van der Waals surface area contributed by atoms with E-state index in [0.29, 0.717) is 42.1 Å². The molecule has 146 valence electrons. The lowest BCUT2D eigenvalue weighted by Crippen LogP contribution is -2.40. The first-order valence-electron chi connectivity index (χ1n) is 9.14. The standard InChI is InChI=1S/C20H23F3N2O2/c1-13-18(14(2)27-24-13)19(26)25-10-4-6-16(12-25)9-8-15-5-3-7-17(11-15)20(21,22)23/h3,5,7,11,16H,4,6,8-10,12H2,1-2H3/t16-/m1/s1. The minimum absolute atomic E-state index is 0.0741. The van der Waals surface area contributed by atoms with Gasteiger partial charge in [-0.2, -0.15) is 13.2 Å². The highest BCUT2D eigenvalue weighted by Gasteiger charge is 2.31. The van der Waals surface area contributed by atoms with E-state index in [1.54, 1.807) is 19.9 Å². The first kappa shape index (κ1) is 19.5. The van der Waals surface area contributed by atoms with Crippen LogP contribution in [0, 0.1) is 19.8 Å².